The number of furan rings is 1. The first-order valence-corrected chi connectivity index (χ1v) is 17.5. The van der Waals surface area contributed by atoms with Gasteiger partial charge in [-0.1, -0.05) is 91.0 Å². The number of para-hydroxylation sites is 2. The summed E-state index contributed by atoms with van der Waals surface area (Å²) in [6.45, 7) is 0. The second-order valence-corrected chi connectivity index (χ2v) is 13.8. The Balaban J connectivity index is 1.12. The zero-order chi connectivity index (χ0) is 32.3. The van der Waals surface area contributed by atoms with Gasteiger partial charge >= 0.3 is 0 Å². The van der Waals surface area contributed by atoms with Crippen LogP contribution in [0.25, 0.3) is 97.7 Å². The highest BCUT2D eigenvalue weighted by Gasteiger charge is 2.19. The van der Waals surface area contributed by atoms with Crippen LogP contribution in [-0.4, -0.2) is 24.9 Å². The lowest BCUT2D eigenvalue weighted by Gasteiger charge is -2.09. The molecule has 8 heteroatoms. The van der Waals surface area contributed by atoms with Gasteiger partial charge in [-0.2, -0.15) is 0 Å². The summed E-state index contributed by atoms with van der Waals surface area (Å²) in [4.78, 5) is 24.9. The second kappa shape index (κ2) is 11.3. The molecule has 0 fully saturated rings. The Morgan fingerprint density at radius 3 is 1.67 bits per heavy atom. The molecule has 0 unspecified atom stereocenters. The van der Waals surface area contributed by atoms with E-state index in [1.165, 1.54) is 4.70 Å². The van der Waals surface area contributed by atoms with E-state index in [0.29, 0.717) is 17.5 Å². The molecule has 10 rings (SSSR count). The number of rotatable bonds is 5. The number of benzene rings is 6. The van der Waals surface area contributed by atoms with Crippen LogP contribution in [0.4, 0.5) is 0 Å². The van der Waals surface area contributed by atoms with Crippen molar-refractivity contribution in [2.45, 2.75) is 0 Å². The topological polar surface area (TPSA) is 77.6 Å². The highest BCUT2D eigenvalue weighted by Crippen LogP contribution is 2.40. The molecule has 0 aliphatic heterocycles. The third-order valence-corrected chi connectivity index (χ3v) is 10.8. The number of hydrogen-bond acceptors (Lipinski definition) is 8. The van der Waals surface area contributed by atoms with E-state index >= 15 is 0 Å². The van der Waals surface area contributed by atoms with Gasteiger partial charge in [-0.15, -0.1) is 22.7 Å². The van der Waals surface area contributed by atoms with Crippen LogP contribution < -0.4 is 0 Å². The Morgan fingerprint density at radius 2 is 0.980 bits per heavy atom. The average Bonchev–Trinajstić information content (AvgIpc) is 3.90. The maximum absolute atomic E-state index is 6.38. The molecule has 0 saturated heterocycles. The van der Waals surface area contributed by atoms with Crippen LogP contribution in [0, 0.1) is 0 Å². The van der Waals surface area contributed by atoms with Crippen LogP contribution in [0.5, 0.6) is 0 Å². The van der Waals surface area contributed by atoms with Crippen molar-refractivity contribution >= 4 is 65.0 Å². The number of thiazole rings is 2. The van der Waals surface area contributed by atoms with Crippen LogP contribution in [0.3, 0.4) is 0 Å². The first-order valence-electron chi connectivity index (χ1n) is 15.8. The largest absolute Gasteiger partial charge is 0.456 e. The summed E-state index contributed by atoms with van der Waals surface area (Å²) in [5, 5.41) is 3.91. The van der Waals surface area contributed by atoms with Gasteiger partial charge in [0.15, 0.2) is 17.5 Å². The Hall–Kier alpha value is -6.09. The fraction of sp³-hybridized carbons (Fsp3) is 0. The fourth-order valence-corrected chi connectivity index (χ4v) is 8.17. The van der Waals surface area contributed by atoms with Crippen molar-refractivity contribution in [2.24, 2.45) is 0 Å². The van der Waals surface area contributed by atoms with Gasteiger partial charge in [0.2, 0.25) is 0 Å². The van der Waals surface area contributed by atoms with Crippen molar-refractivity contribution in [3.8, 4) is 55.3 Å². The zero-order valence-electron chi connectivity index (χ0n) is 25.7. The zero-order valence-corrected chi connectivity index (χ0v) is 27.4. The Bertz CT molecular complexity index is 2770. The summed E-state index contributed by atoms with van der Waals surface area (Å²) in [5.41, 5.74) is 8.38. The normalized spacial score (nSPS) is 11.7. The molecule has 4 heterocycles. The van der Waals surface area contributed by atoms with Gasteiger partial charge in [0.25, 0.3) is 0 Å². The molecule has 0 amide bonds. The predicted molar refractivity (Wildman–Crippen MR) is 201 cm³/mol. The minimum absolute atomic E-state index is 0.581. The molecule has 0 aliphatic rings. The van der Waals surface area contributed by atoms with E-state index in [1.54, 1.807) is 22.7 Å². The SMILES string of the molecule is c1ccc(-c2nc(-c3ccc(-c4nc5ccccc5s4)cc3)nc(-c3cccc4oc5ccc(-c6nc7ccccc7s6)cc5c34)n2)cc1. The minimum atomic E-state index is 0.581. The van der Waals surface area contributed by atoms with Gasteiger partial charge in [0, 0.05) is 38.6 Å². The smallest absolute Gasteiger partial charge is 0.164 e. The molecule has 4 aromatic heterocycles. The average molecular weight is 666 g/mol. The standard InChI is InChI=1S/C41H23N5OS2/c1-2-9-24(10-3-1)37-44-38(25-17-19-26(20-18-25)40-42-30-12-4-6-15-34(30)48-40)46-39(45-37)28-11-8-14-33-36(28)29-23-27(21-22-32(29)47-33)41-43-31-13-5-7-16-35(31)49-41/h1-23H. The summed E-state index contributed by atoms with van der Waals surface area (Å²) in [7, 11) is 0. The number of aromatic nitrogens is 5. The van der Waals surface area contributed by atoms with E-state index in [-0.39, 0.29) is 0 Å². The predicted octanol–water partition coefficient (Wildman–Crippen LogP) is 11.3. The Labute approximate surface area is 288 Å². The van der Waals surface area contributed by atoms with Gasteiger partial charge in [-0.05, 0) is 48.5 Å². The van der Waals surface area contributed by atoms with Crippen molar-refractivity contribution in [2.75, 3.05) is 0 Å². The second-order valence-electron chi connectivity index (χ2n) is 11.7. The van der Waals surface area contributed by atoms with E-state index < -0.39 is 0 Å². The van der Waals surface area contributed by atoms with Crippen molar-refractivity contribution in [3.05, 3.63) is 140 Å². The molecule has 0 N–H and O–H groups in total. The van der Waals surface area contributed by atoms with Crippen molar-refractivity contribution in [3.63, 3.8) is 0 Å². The summed E-state index contributed by atoms with van der Waals surface area (Å²) in [6.07, 6.45) is 0. The third-order valence-electron chi connectivity index (χ3n) is 8.63. The molecule has 0 atom stereocenters. The van der Waals surface area contributed by atoms with Crippen LogP contribution in [0.15, 0.2) is 144 Å². The summed E-state index contributed by atoms with van der Waals surface area (Å²) >= 11 is 3.38. The van der Waals surface area contributed by atoms with Crippen LogP contribution in [0.2, 0.25) is 0 Å². The quantitative estimate of drug-likeness (QED) is 0.182. The Morgan fingerprint density at radius 1 is 0.408 bits per heavy atom. The summed E-state index contributed by atoms with van der Waals surface area (Å²) in [6, 6.07) is 47.1. The van der Waals surface area contributed by atoms with Crippen LogP contribution >= 0.6 is 22.7 Å². The molecule has 230 valence electrons. The molecule has 10 aromatic rings. The maximum atomic E-state index is 6.38. The first-order chi connectivity index (χ1) is 24.2. The van der Waals surface area contributed by atoms with Crippen molar-refractivity contribution in [1.29, 1.82) is 0 Å². The molecule has 0 saturated carbocycles. The van der Waals surface area contributed by atoms with Gasteiger partial charge in [-0.25, -0.2) is 24.9 Å². The lowest BCUT2D eigenvalue weighted by atomic mass is 10.0. The highest BCUT2D eigenvalue weighted by molar-refractivity contribution is 7.22. The van der Waals surface area contributed by atoms with E-state index in [0.717, 1.165) is 75.5 Å². The van der Waals surface area contributed by atoms with Crippen molar-refractivity contribution < 1.29 is 4.42 Å². The number of hydrogen-bond donors (Lipinski definition) is 0. The van der Waals surface area contributed by atoms with Crippen molar-refractivity contribution in [1.82, 2.24) is 24.9 Å². The first kappa shape index (κ1) is 28.0. The van der Waals surface area contributed by atoms with Gasteiger partial charge in [0.05, 0.1) is 20.4 Å². The molecule has 6 nitrogen and oxygen atoms in total. The molecule has 0 aliphatic carbocycles. The van der Waals surface area contributed by atoms with Crippen LogP contribution in [-0.2, 0) is 0 Å². The molecule has 6 aromatic carbocycles. The number of nitrogens with zero attached hydrogens (tertiary/aromatic N) is 5. The molecular formula is C41H23N5OS2. The van der Waals surface area contributed by atoms with Crippen LogP contribution in [0.1, 0.15) is 0 Å². The fourth-order valence-electron chi connectivity index (χ4n) is 6.24. The molecule has 49 heavy (non-hydrogen) atoms. The Kier molecular flexibility index (Phi) is 6.43. The minimum Gasteiger partial charge on any atom is -0.456 e. The lowest BCUT2D eigenvalue weighted by Crippen LogP contribution is -2.00. The highest BCUT2D eigenvalue weighted by atomic mass is 32.1. The molecule has 0 radical (unpaired) electrons. The molecule has 0 bridgehead atoms. The van der Waals surface area contributed by atoms with E-state index in [9.17, 15) is 0 Å². The van der Waals surface area contributed by atoms with E-state index in [2.05, 4.69) is 60.7 Å². The van der Waals surface area contributed by atoms with Gasteiger partial charge in [-0.3, -0.25) is 0 Å². The monoisotopic (exact) mass is 665 g/mol. The lowest BCUT2D eigenvalue weighted by molar-refractivity contribution is 0.669. The van der Waals surface area contributed by atoms with E-state index in [1.807, 2.05) is 78.9 Å². The maximum Gasteiger partial charge on any atom is 0.164 e. The summed E-state index contributed by atoms with van der Waals surface area (Å²) in [5.74, 6) is 1.79. The molecular weight excluding hydrogens is 643 g/mol. The molecule has 0 spiro atoms. The third kappa shape index (κ3) is 4.88. The number of fused-ring (bicyclic) bond motifs is 5. The van der Waals surface area contributed by atoms with E-state index in [4.69, 9.17) is 29.3 Å². The van der Waals surface area contributed by atoms with Gasteiger partial charge in [0.1, 0.15) is 21.2 Å². The van der Waals surface area contributed by atoms with Gasteiger partial charge < -0.3 is 4.42 Å². The summed E-state index contributed by atoms with van der Waals surface area (Å²) < 4.78 is 8.71.